The number of rotatable bonds is 2. The van der Waals surface area contributed by atoms with Gasteiger partial charge in [0.1, 0.15) is 5.82 Å². The lowest BCUT2D eigenvalue weighted by atomic mass is 10.1. The van der Waals surface area contributed by atoms with Crippen LogP contribution in [0, 0.1) is 5.82 Å². The Morgan fingerprint density at radius 2 is 1.75 bits per heavy atom. The lowest BCUT2D eigenvalue weighted by molar-refractivity contribution is 0.102. The molecule has 1 N–H and O–H groups in total. The summed E-state index contributed by atoms with van der Waals surface area (Å²) >= 11 is 5.95. The van der Waals surface area contributed by atoms with Crippen LogP contribution in [0.4, 0.5) is 10.1 Å². The molecule has 0 unspecified atom stereocenters. The second-order valence-corrected chi connectivity index (χ2v) is 6.16. The minimum Gasteiger partial charge on any atom is -0.322 e. The summed E-state index contributed by atoms with van der Waals surface area (Å²) in [6.07, 6.45) is 0.888. The second kappa shape index (κ2) is 5.77. The van der Waals surface area contributed by atoms with Gasteiger partial charge < -0.3 is 5.32 Å². The first-order valence-electron chi connectivity index (χ1n) is 7.60. The van der Waals surface area contributed by atoms with Crippen LogP contribution in [-0.2, 0) is 6.42 Å². The number of anilines is 1. The van der Waals surface area contributed by atoms with E-state index < -0.39 is 11.7 Å². The average molecular weight is 338 g/mol. The van der Waals surface area contributed by atoms with E-state index in [9.17, 15) is 9.18 Å². The first kappa shape index (κ1) is 14.9. The molecule has 1 aliphatic carbocycles. The summed E-state index contributed by atoms with van der Waals surface area (Å²) in [6, 6.07) is 18.1. The van der Waals surface area contributed by atoms with E-state index in [2.05, 4.69) is 17.4 Å². The van der Waals surface area contributed by atoms with Gasteiger partial charge in [0, 0.05) is 5.69 Å². The van der Waals surface area contributed by atoms with E-state index in [0.717, 1.165) is 12.0 Å². The van der Waals surface area contributed by atoms with Crippen LogP contribution in [-0.4, -0.2) is 5.91 Å². The third-order valence-electron chi connectivity index (χ3n) is 4.25. The van der Waals surface area contributed by atoms with Crippen LogP contribution in [0.15, 0.2) is 60.7 Å². The number of carbonyl (C=O) groups excluding carboxylic acids is 1. The van der Waals surface area contributed by atoms with Gasteiger partial charge in [0.05, 0.1) is 10.6 Å². The van der Waals surface area contributed by atoms with Crippen molar-refractivity contribution in [2.24, 2.45) is 0 Å². The Labute approximate surface area is 143 Å². The zero-order valence-electron chi connectivity index (χ0n) is 12.6. The van der Waals surface area contributed by atoms with Crippen LogP contribution in [0.25, 0.3) is 11.1 Å². The van der Waals surface area contributed by atoms with Crippen molar-refractivity contribution < 1.29 is 9.18 Å². The zero-order valence-corrected chi connectivity index (χ0v) is 13.4. The van der Waals surface area contributed by atoms with Crippen molar-refractivity contribution in [2.75, 3.05) is 5.32 Å². The highest BCUT2D eigenvalue weighted by Crippen LogP contribution is 2.38. The standard InChI is InChI=1S/C20H13ClFNO/c21-17-6-3-7-18(22)19(17)20(24)23-14-9-8-13-10-12-4-1-2-5-15(12)16(13)11-14/h1-9,11H,10H2,(H,23,24). The third-order valence-corrected chi connectivity index (χ3v) is 4.56. The second-order valence-electron chi connectivity index (χ2n) is 5.76. The SMILES string of the molecule is O=C(Nc1ccc2c(c1)-c1ccccc1C2)c1c(F)cccc1Cl. The van der Waals surface area contributed by atoms with Gasteiger partial charge in [-0.3, -0.25) is 4.79 Å². The number of carbonyl (C=O) groups is 1. The summed E-state index contributed by atoms with van der Waals surface area (Å²) in [6.45, 7) is 0. The Balaban J connectivity index is 1.67. The highest BCUT2D eigenvalue weighted by molar-refractivity contribution is 6.34. The molecule has 1 amide bonds. The summed E-state index contributed by atoms with van der Waals surface area (Å²) in [5.74, 6) is -1.18. The molecule has 1 aliphatic rings. The van der Waals surface area contributed by atoms with Gasteiger partial charge in [-0.05, 0) is 52.9 Å². The molecule has 0 radical (unpaired) electrons. The van der Waals surface area contributed by atoms with Gasteiger partial charge in [-0.2, -0.15) is 0 Å². The Hall–Kier alpha value is -2.65. The van der Waals surface area contributed by atoms with E-state index in [0.29, 0.717) is 5.69 Å². The van der Waals surface area contributed by atoms with E-state index in [4.69, 9.17) is 11.6 Å². The van der Waals surface area contributed by atoms with Gasteiger partial charge in [-0.15, -0.1) is 0 Å². The Bertz CT molecular complexity index is 947. The maximum atomic E-state index is 13.9. The zero-order chi connectivity index (χ0) is 16.7. The molecule has 0 spiro atoms. The van der Waals surface area contributed by atoms with Crippen LogP contribution in [0.3, 0.4) is 0 Å². The van der Waals surface area contributed by atoms with Crippen LogP contribution in [0.2, 0.25) is 5.02 Å². The normalized spacial score (nSPS) is 11.8. The van der Waals surface area contributed by atoms with Crippen molar-refractivity contribution >= 4 is 23.2 Å². The predicted molar refractivity (Wildman–Crippen MR) is 94.0 cm³/mol. The van der Waals surface area contributed by atoms with Crippen molar-refractivity contribution in [3.05, 3.63) is 88.2 Å². The van der Waals surface area contributed by atoms with Gasteiger partial charge in [0.15, 0.2) is 0 Å². The van der Waals surface area contributed by atoms with Gasteiger partial charge in [0.25, 0.3) is 5.91 Å². The van der Waals surface area contributed by atoms with Crippen molar-refractivity contribution in [1.29, 1.82) is 0 Å². The molecule has 2 nitrogen and oxygen atoms in total. The van der Waals surface area contributed by atoms with Gasteiger partial charge in [-0.25, -0.2) is 4.39 Å². The molecule has 0 saturated heterocycles. The summed E-state index contributed by atoms with van der Waals surface area (Å²) < 4.78 is 13.9. The summed E-state index contributed by atoms with van der Waals surface area (Å²) in [7, 11) is 0. The maximum absolute atomic E-state index is 13.9. The number of fused-ring (bicyclic) bond motifs is 3. The smallest absolute Gasteiger partial charge is 0.260 e. The number of nitrogens with one attached hydrogen (secondary N) is 1. The van der Waals surface area contributed by atoms with E-state index in [1.165, 1.54) is 34.9 Å². The predicted octanol–water partition coefficient (Wildman–Crippen LogP) is 5.30. The molecule has 0 bridgehead atoms. The third kappa shape index (κ3) is 2.47. The number of amides is 1. The maximum Gasteiger partial charge on any atom is 0.260 e. The molecule has 0 aromatic heterocycles. The van der Waals surface area contributed by atoms with Gasteiger partial charge in [0.2, 0.25) is 0 Å². The van der Waals surface area contributed by atoms with Crippen LogP contribution < -0.4 is 5.32 Å². The Morgan fingerprint density at radius 3 is 2.58 bits per heavy atom. The molecule has 24 heavy (non-hydrogen) atoms. The van der Waals surface area contributed by atoms with E-state index in [1.54, 1.807) is 0 Å². The molecule has 118 valence electrons. The highest BCUT2D eigenvalue weighted by atomic mass is 35.5. The molecule has 3 aromatic carbocycles. The van der Waals surface area contributed by atoms with Gasteiger partial charge in [-0.1, -0.05) is 48.0 Å². The molecule has 0 aliphatic heterocycles. The number of halogens is 2. The molecule has 0 atom stereocenters. The Morgan fingerprint density at radius 1 is 0.958 bits per heavy atom. The largest absolute Gasteiger partial charge is 0.322 e. The molecular weight excluding hydrogens is 325 g/mol. The van der Waals surface area contributed by atoms with Crippen LogP contribution in [0.5, 0.6) is 0 Å². The van der Waals surface area contributed by atoms with Crippen molar-refractivity contribution in [3.8, 4) is 11.1 Å². The lowest BCUT2D eigenvalue weighted by Crippen LogP contribution is -2.14. The molecule has 0 heterocycles. The molecule has 4 heteroatoms. The summed E-state index contributed by atoms with van der Waals surface area (Å²) in [4.78, 5) is 12.4. The fourth-order valence-electron chi connectivity index (χ4n) is 3.11. The quantitative estimate of drug-likeness (QED) is 0.528. The minimum absolute atomic E-state index is 0.0963. The summed E-state index contributed by atoms with van der Waals surface area (Å²) in [5.41, 5.74) is 5.25. The first-order chi connectivity index (χ1) is 11.6. The first-order valence-corrected chi connectivity index (χ1v) is 7.98. The van der Waals surface area contributed by atoms with Crippen molar-refractivity contribution in [3.63, 3.8) is 0 Å². The Kier molecular flexibility index (Phi) is 3.58. The van der Waals surface area contributed by atoms with E-state index in [-0.39, 0.29) is 10.6 Å². The van der Waals surface area contributed by atoms with Crippen molar-refractivity contribution in [1.82, 2.24) is 0 Å². The van der Waals surface area contributed by atoms with Crippen LogP contribution >= 0.6 is 11.6 Å². The molecule has 0 fully saturated rings. The van der Waals surface area contributed by atoms with E-state index in [1.807, 2.05) is 30.3 Å². The van der Waals surface area contributed by atoms with E-state index >= 15 is 0 Å². The fourth-order valence-corrected chi connectivity index (χ4v) is 3.36. The molecule has 0 saturated carbocycles. The lowest BCUT2D eigenvalue weighted by Gasteiger charge is -2.09. The molecule has 4 rings (SSSR count). The minimum atomic E-state index is -0.633. The average Bonchev–Trinajstić information content (AvgIpc) is 2.93. The number of benzene rings is 3. The molecular formula is C20H13ClFNO. The number of hydrogen-bond donors (Lipinski definition) is 1. The summed E-state index contributed by atoms with van der Waals surface area (Å²) in [5, 5.41) is 2.83. The van der Waals surface area contributed by atoms with Crippen molar-refractivity contribution in [2.45, 2.75) is 6.42 Å². The molecule has 3 aromatic rings. The van der Waals surface area contributed by atoms with Crippen LogP contribution in [0.1, 0.15) is 21.5 Å². The highest BCUT2D eigenvalue weighted by Gasteiger charge is 2.20. The van der Waals surface area contributed by atoms with Gasteiger partial charge >= 0.3 is 0 Å². The number of hydrogen-bond acceptors (Lipinski definition) is 1. The topological polar surface area (TPSA) is 29.1 Å². The monoisotopic (exact) mass is 337 g/mol. The fraction of sp³-hybridized carbons (Fsp3) is 0.0500.